The van der Waals surface area contributed by atoms with Crippen LogP contribution in [0.2, 0.25) is 10.0 Å². The van der Waals surface area contributed by atoms with Crippen LogP contribution >= 0.6 is 23.2 Å². The molecule has 3 heteroatoms. The van der Waals surface area contributed by atoms with E-state index < -0.39 is 5.60 Å². The first-order valence-corrected chi connectivity index (χ1v) is 7.86. The van der Waals surface area contributed by atoms with Crippen molar-refractivity contribution >= 4 is 23.2 Å². The molecule has 1 saturated carbocycles. The van der Waals surface area contributed by atoms with Crippen LogP contribution in [0.1, 0.15) is 51.5 Å². The topological polar surface area (TPSA) is 20.2 Å². The molecule has 1 aromatic rings. The number of hydrogen-bond acceptors (Lipinski definition) is 1. The van der Waals surface area contributed by atoms with Crippen LogP contribution in [0.3, 0.4) is 0 Å². The number of rotatable bonds is 2. The van der Waals surface area contributed by atoms with Crippen LogP contribution in [0.15, 0.2) is 18.2 Å². The van der Waals surface area contributed by atoms with Crippen molar-refractivity contribution in [1.82, 2.24) is 0 Å². The van der Waals surface area contributed by atoms with Crippen LogP contribution in [0.5, 0.6) is 0 Å². The predicted octanol–water partition coefficient (Wildman–Crippen LogP) is 5.42. The minimum atomic E-state index is -0.814. The molecule has 19 heavy (non-hydrogen) atoms. The zero-order chi connectivity index (χ0) is 14.0. The molecule has 2 atom stereocenters. The van der Waals surface area contributed by atoms with Crippen molar-refractivity contribution in [3.8, 4) is 0 Å². The molecule has 1 N–H and O–H groups in total. The molecule has 1 aliphatic carbocycles. The quantitative estimate of drug-likeness (QED) is 0.723. The Hall–Kier alpha value is -0.240. The standard InChI is InChI=1S/C16H22Cl2O/c1-11(2)12-4-3-8-16(19,9-7-12)14-10-13(17)5-6-15(14)18/h5-6,10-12,19H,3-4,7-9H2,1-2H3. The average Bonchev–Trinajstić information content (AvgIpc) is 2.55. The lowest BCUT2D eigenvalue weighted by Gasteiger charge is -2.28. The summed E-state index contributed by atoms with van der Waals surface area (Å²) in [5.74, 6) is 1.38. The van der Waals surface area contributed by atoms with Crippen molar-refractivity contribution < 1.29 is 5.11 Å². The molecule has 0 heterocycles. The third-order valence-electron chi connectivity index (χ3n) is 4.47. The summed E-state index contributed by atoms with van der Waals surface area (Å²) >= 11 is 12.3. The van der Waals surface area contributed by atoms with E-state index in [2.05, 4.69) is 13.8 Å². The van der Waals surface area contributed by atoms with Crippen molar-refractivity contribution in [2.45, 2.75) is 51.6 Å². The van der Waals surface area contributed by atoms with Gasteiger partial charge in [0.15, 0.2) is 0 Å². The van der Waals surface area contributed by atoms with E-state index in [4.69, 9.17) is 23.2 Å². The summed E-state index contributed by atoms with van der Waals surface area (Å²) in [5.41, 5.74) is -0.0166. The maximum Gasteiger partial charge on any atom is 0.0911 e. The van der Waals surface area contributed by atoms with Gasteiger partial charge in [-0.2, -0.15) is 0 Å². The molecule has 0 aromatic heterocycles. The number of halogens is 2. The average molecular weight is 301 g/mol. The Bertz CT molecular complexity index is 444. The highest BCUT2D eigenvalue weighted by molar-refractivity contribution is 6.33. The molecule has 106 valence electrons. The fraction of sp³-hybridized carbons (Fsp3) is 0.625. The molecule has 0 radical (unpaired) electrons. The molecule has 2 unspecified atom stereocenters. The maximum absolute atomic E-state index is 11.0. The molecule has 1 fully saturated rings. The van der Waals surface area contributed by atoms with Crippen LogP contribution < -0.4 is 0 Å². The zero-order valence-electron chi connectivity index (χ0n) is 11.6. The fourth-order valence-corrected chi connectivity index (χ4v) is 3.61. The lowest BCUT2D eigenvalue weighted by Crippen LogP contribution is -2.25. The van der Waals surface area contributed by atoms with Gasteiger partial charge in [-0.05, 0) is 55.7 Å². The third-order valence-corrected chi connectivity index (χ3v) is 5.03. The fourth-order valence-electron chi connectivity index (χ4n) is 3.14. The Morgan fingerprint density at radius 2 is 1.95 bits per heavy atom. The molecular weight excluding hydrogens is 279 g/mol. The van der Waals surface area contributed by atoms with Crippen molar-refractivity contribution in [3.05, 3.63) is 33.8 Å². The summed E-state index contributed by atoms with van der Waals surface area (Å²) in [6, 6.07) is 5.37. The highest BCUT2D eigenvalue weighted by Crippen LogP contribution is 2.42. The van der Waals surface area contributed by atoms with Gasteiger partial charge in [-0.25, -0.2) is 0 Å². The third kappa shape index (κ3) is 3.45. The lowest BCUT2D eigenvalue weighted by atomic mass is 9.84. The van der Waals surface area contributed by atoms with E-state index >= 15 is 0 Å². The molecule has 2 rings (SSSR count). The predicted molar refractivity (Wildman–Crippen MR) is 81.8 cm³/mol. The second-order valence-electron chi connectivity index (χ2n) is 6.09. The summed E-state index contributed by atoms with van der Waals surface area (Å²) in [5, 5.41) is 12.2. The largest absolute Gasteiger partial charge is 0.385 e. The van der Waals surface area contributed by atoms with Crippen LogP contribution in [-0.2, 0) is 5.60 Å². The second-order valence-corrected chi connectivity index (χ2v) is 6.93. The van der Waals surface area contributed by atoms with E-state index in [-0.39, 0.29) is 0 Å². The van der Waals surface area contributed by atoms with Crippen molar-refractivity contribution in [1.29, 1.82) is 0 Å². The first-order valence-electron chi connectivity index (χ1n) is 7.10. The summed E-state index contributed by atoms with van der Waals surface area (Å²) in [4.78, 5) is 0. The van der Waals surface area contributed by atoms with Crippen LogP contribution in [0.4, 0.5) is 0 Å². The summed E-state index contributed by atoms with van der Waals surface area (Å²) in [6.07, 6.45) is 4.84. The smallest absolute Gasteiger partial charge is 0.0911 e. The minimum Gasteiger partial charge on any atom is -0.385 e. The van der Waals surface area contributed by atoms with Gasteiger partial charge in [0.05, 0.1) is 5.60 Å². The van der Waals surface area contributed by atoms with E-state index in [0.29, 0.717) is 21.9 Å². The highest BCUT2D eigenvalue weighted by Gasteiger charge is 2.34. The monoisotopic (exact) mass is 300 g/mol. The van der Waals surface area contributed by atoms with E-state index in [0.717, 1.165) is 31.2 Å². The Morgan fingerprint density at radius 1 is 1.21 bits per heavy atom. The molecular formula is C16H22Cl2O. The van der Waals surface area contributed by atoms with Gasteiger partial charge >= 0.3 is 0 Å². The van der Waals surface area contributed by atoms with E-state index in [1.807, 2.05) is 6.07 Å². The summed E-state index contributed by atoms with van der Waals surface area (Å²) < 4.78 is 0. The number of aliphatic hydroxyl groups is 1. The van der Waals surface area contributed by atoms with Crippen molar-refractivity contribution in [3.63, 3.8) is 0 Å². The SMILES string of the molecule is CC(C)C1CCCC(O)(c2cc(Cl)ccc2Cl)CC1. The first kappa shape index (κ1) is 15.2. The Kier molecular flexibility index (Phi) is 4.81. The lowest BCUT2D eigenvalue weighted by molar-refractivity contribution is 0.0192. The highest BCUT2D eigenvalue weighted by atomic mass is 35.5. The van der Waals surface area contributed by atoms with Gasteiger partial charge in [-0.3, -0.25) is 0 Å². The molecule has 1 aromatic carbocycles. The molecule has 1 nitrogen and oxygen atoms in total. The maximum atomic E-state index is 11.0. The van der Waals surface area contributed by atoms with Crippen LogP contribution in [0.25, 0.3) is 0 Å². The second kappa shape index (κ2) is 6.03. The van der Waals surface area contributed by atoms with Gasteiger partial charge in [-0.15, -0.1) is 0 Å². The molecule has 0 aliphatic heterocycles. The molecule has 1 aliphatic rings. The number of benzene rings is 1. The van der Waals surface area contributed by atoms with Gasteiger partial charge in [-0.1, -0.05) is 43.5 Å². The Morgan fingerprint density at radius 3 is 2.63 bits per heavy atom. The van der Waals surface area contributed by atoms with Gasteiger partial charge in [0.25, 0.3) is 0 Å². The van der Waals surface area contributed by atoms with E-state index in [1.54, 1.807) is 12.1 Å². The Balaban J connectivity index is 2.25. The normalized spacial score (nSPS) is 28.4. The van der Waals surface area contributed by atoms with Gasteiger partial charge in [0.1, 0.15) is 0 Å². The molecule has 0 amide bonds. The van der Waals surface area contributed by atoms with E-state index in [9.17, 15) is 5.11 Å². The van der Waals surface area contributed by atoms with Crippen molar-refractivity contribution in [2.24, 2.45) is 11.8 Å². The molecule has 0 spiro atoms. The van der Waals surface area contributed by atoms with Gasteiger partial charge in [0.2, 0.25) is 0 Å². The van der Waals surface area contributed by atoms with Crippen molar-refractivity contribution in [2.75, 3.05) is 0 Å². The molecule has 0 saturated heterocycles. The number of hydrogen-bond donors (Lipinski definition) is 1. The van der Waals surface area contributed by atoms with Crippen LogP contribution in [0, 0.1) is 11.8 Å². The van der Waals surface area contributed by atoms with Crippen LogP contribution in [-0.4, -0.2) is 5.11 Å². The van der Waals surface area contributed by atoms with Gasteiger partial charge in [0, 0.05) is 15.6 Å². The summed E-state index contributed by atoms with van der Waals surface area (Å²) in [7, 11) is 0. The minimum absolute atomic E-state index is 0.620. The first-order chi connectivity index (χ1) is 8.92. The van der Waals surface area contributed by atoms with E-state index in [1.165, 1.54) is 6.42 Å². The van der Waals surface area contributed by atoms with Gasteiger partial charge < -0.3 is 5.11 Å². The molecule has 0 bridgehead atoms. The Labute approximate surface area is 125 Å². The summed E-state index contributed by atoms with van der Waals surface area (Å²) in [6.45, 7) is 4.53. The zero-order valence-corrected chi connectivity index (χ0v) is 13.1.